The van der Waals surface area contributed by atoms with Crippen LogP contribution in [0.2, 0.25) is 0 Å². The fourth-order valence-electron chi connectivity index (χ4n) is 2.26. The molecule has 0 bridgehead atoms. The number of aromatic hydroxyl groups is 1. The maximum Gasteiger partial charge on any atom is 0.238 e. The van der Waals surface area contributed by atoms with E-state index < -0.39 is 0 Å². The van der Waals surface area contributed by atoms with Gasteiger partial charge in [0.15, 0.2) is 0 Å². The molecule has 0 fully saturated rings. The number of hydrogen-bond acceptors (Lipinski definition) is 6. The molecule has 0 saturated carbocycles. The van der Waals surface area contributed by atoms with E-state index in [1.807, 2.05) is 36.4 Å². The number of H-pyrrole nitrogens is 1. The minimum absolute atomic E-state index is 0.0860. The van der Waals surface area contributed by atoms with Gasteiger partial charge in [0, 0.05) is 6.20 Å². The Morgan fingerprint density at radius 3 is 3.00 bits per heavy atom. The smallest absolute Gasteiger partial charge is 0.238 e. The molecule has 7 nitrogen and oxygen atoms in total. The van der Waals surface area contributed by atoms with E-state index in [0.717, 1.165) is 16.3 Å². The molecule has 0 atom stereocenters. The van der Waals surface area contributed by atoms with Gasteiger partial charge >= 0.3 is 0 Å². The molecule has 3 heterocycles. The highest BCUT2D eigenvalue weighted by atomic mass is 16.3. The number of fused-ring (bicyclic) bond motifs is 1. The van der Waals surface area contributed by atoms with E-state index in [1.54, 1.807) is 12.3 Å². The first kappa shape index (κ1) is 13.2. The third-order valence-corrected chi connectivity index (χ3v) is 3.33. The van der Waals surface area contributed by atoms with Crippen molar-refractivity contribution in [1.82, 2.24) is 15.0 Å². The second kappa shape index (κ2) is 5.38. The van der Waals surface area contributed by atoms with Crippen LogP contribution in [0.5, 0.6) is 5.88 Å². The van der Waals surface area contributed by atoms with Crippen molar-refractivity contribution < 1.29 is 5.11 Å². The van der Waals surface area contributed by atoms with Crippen LogP contribution in [0.3, 0.4) is 0 Å². The van der Waals surface area contributed by atoms with Gasteiger partial charge in [-0.2, -0.15) is 4.98 Å². The number of aromatic amines is 1. The number of aliphatic imine (C=N–C) groups is 1. The predicted molar refractivity (Wildman–Crippen MR) is 86.7 cm³/mol. The molecular weight excluding hydrogens is 292 g/mol. The molecule has 2 aromatic heterocycles. The Hall–Kier alpha value is -3.48. The highest BCUT2D eigenvalue weighted by Gasteiger charge is 2.07. The second-order valence-corrected chi connectivity index (χ2v) is 4.93. The van der Waals surface area contributed by atoms with Crippen LogP contribution in [0.1, 0.15) is 5.69 Å². The average Bonchev–Trinajstić information content (AvgIpc) is 3.15. The minimum Gasteiger partial charge on any atom is -0.492 e. The van der Waals surface area contributed by atoms with Crippen LogP contribution in [-0.4, -0.2) is 26.4 Å². The molecule has 0 aliphatic carbocycles. The average molecular weight is 304 g/mol. The molecule has 1 aliphatic heterocycles. The van der Waals surface area contributed by atoms with Crippen molar-refractivity contribution in [3.05, 3.63) is 58.9 Å². The van der Waals surface area contributed by atoms with E-state index >= 15 is 0 Å². The topological polar surface area (TPSA) is 98.6 Å². The third kappa shape index (κ3) is 2.67. The highest BCUT2D eigenvalue weighted by molar-refractivity contribution is 5.67. The van der Waals surface area contributed by atoms with Crippen LogP contribution in [-0.2, 0) is 0 Å². The molecule has 23 heavy (non-hydrogen) atoms. The Morgan fingerprint density at radius 2 is 2.13 bits per heavy atom. The van der Waals surface area contributed by atoms with Crippen molar-refractivity contribution in [2.24, 2.45) is 9.98 Å². The number of hydrogen-bond donors (Lipinski definition) is 3. The lowest BCUT2D eigenvalue weighted by Gasteiger charge is -1.99. The van der Waals surface area contributed by atoms with Gasteiger partial charge in [-0.3, -0.25) is 0 Å². The van der Waals surface area contributed by atoms with Gasteiger partial charge in [-0.15, -0.1) is 0 Å². The lowest BCUT2D eigenvalue weighted by atomic mass is 10.2. The molecule has 112 valence electrons. The summed E-state index contributed by atoms with van der Waals surface area (Å²) >= 11 is 0. The number of anilines is 2. The van der Waals surface area contributed by atoms with Crippen molar-refractivity contribution in [3.63, 3.8) is 0 Å². The number of nitrogens with one attached hydrogen (secondary N) is 2. The van der Waals surface area contributed by atoms with Crippen LogP contribution in [0.15, 0.2) is 52.6 Å². The summed E-state index contributed by atoms with van der Waals surface area (Å²) in [5, 5.41) is 14.7. The number of rotatable bonds is 3. The summed E-state index contributed by atoms with van der Waals surface area (Å²) < 4.78 is 0. The molecule has 0 amide bonds. The number of nitrogens with zero attached hydrogens (tertiary/aromatic N) is 4. The number of imidazole rings is 1. The number of pyridine rings is 1. The van der Waals surface area contributed by atoms with E-state index in [4.69, 9.17) is 0 Å². The van der Waals surface area contributed by atoms with Crippen LogP contribution in [0.4, 0.5) is 17.5 Å². The number of benzene rings is 1. The fraction of sp³-hybridized carbons (Fsp3) is 0. The molecule has 1 aromatic carbocycles. The van der Waals surface area contributed by atoms with Crippen molar-refractivity contribution in [1.29, 1.82) is 0 Å². The zero-order valence-corrected chi connectivity index (χ0v) is 11.9. The third-order valence-electron chi connectivity index (χ3n) is 3.33. The van der Waals surface area contributed by atoms with Gasteiger partial charge in [-0.1, -0.05) is 12.1 Å². The SMILES string of the molecule is Oc1nc(Nc2ccccn2)[nH]c1C=c1ccc2c(c1)N=CN=2. The lowest BCUT2D eigenvalue weighted by molar-refractivity contribution is 0.455. The summed E-state index contributed by atoms with van der Waals surface area (Å²) in [6, 6.07) is 11.2. The first-order chi connectivity index (χ1) is 11.3. The molecule has 3 N–H and O–H groups in total. The van der Waals surface area contributed by atoms with Crippen LogP contribution in [0.25, 0.3) is 6.08 Å². The van der Waals surface area contributed by atoms with Gasteiger partial charge in [0.05, 0.1) is 11.0 Å². The predicted octanol–water partition coefficient (Wildman–Crippen LogP) is 1.38. The van der Waals surface area contributed by atoms with Crippen LogP contribution in [0, 0.1) is 0 Å². The van der Waals surface area contributed by atoms with E-state index in [2.05, 4.69) is 30.3 Å². The quantitative estimate of drug-likeness (QED) is 0.680. The van der Waals surface area contributed by atoms with Gasteiger partial charge in [-0.25, -0.2) is 15.0 Å². The highest BCUT2D eigenvalue weighted by Crippen LogP contribution is 2.19. The lowest BCUT2D eigenvalue weighted by Crippen LogP contribution is -2.07. The van der Waals surface area contributed by atoms with Crippen molar-refractivity contribution in [2.45, 2.75) is 0 Å². The molecule has 4 rings (SSSR count). The van der Waals surface area contributed by atoms with Gasteiger partial charge in [0.1, 0.15) is 17.9 Å². The zero-order chi connectivity index (χ0) is 15.6. The van der Waals surface area contributed by atoms with Gasteiger partial charge in [0.2, 0.25) is 11.8 Å². The monoisotopic (exact) mass is 304 g/mol. The molecule has 1 aliphatic rings. The second-order valence-electron chi connectivity index (χ2n) is 4.93. The fourth-order valence-corrected chi connectivity index (χ4v) is 2.26. The molecule has 7 heteroatoms. The van der Waals surface area contributed by atoms with Gasteiger partial charge in [0.25, 0.3) is 0 Å². The first-order valence-electron chi connectivity index (χ1n) is 6.97. The number of aromatic nitrogens is 3. The largest absolute Gasteiger partial charge is 0.492 e. The van der Waals surface area contributed by atoms with E-state index in [9.17, 15) is 5.11 Å². The van der Waals surface area contributed by atoms with Crippen molar-refractivity contribution >= 4 is 29.9 Å². The Balaban J connectivity index is 1.66. The van der Waals surface area contributed by atoms with E-state index in [-0.39, 0.29) is 5.88 Å². The normalized spacial score (nSPS) is 13.0. The van der Waals surface area contributed by atoms with Crippen molar-refractivity contribution in [3.8, 4) is 5.88 Å². The van der Waals surface area contributed by atoms with E-state index in [1.165, 1.54) is 6.34 Å². The maximum atomic E-state index is 9.98. The van der Waals surface area contributed by atoms with Crippen LogP contribution < -0.4 is 15.9 Å². The standard InChI is InChI=1S/C16H12N6O/c23-15-13(8-10-4-5-11-12(7-10)19-9-18-11)20-16(22-15)21-14-3-1-2-6-17-14/h1-9,23H,(H2,17,20,21,22). The summed E-state index contributed by atoms with van der Waals surface area (Å²) in [5.41, 5.74) is 1.31. The van der Waals surface area contributed by atoms with Gasteiger partial charge in [-0.05, 0) is 35.6 Å². The summed E-state index contributed by atoms with van der Waals surface area (Å²) in [5.74, 6) is 0.972. The Kier molecular flexibility index (Phi) is 3.09. The van der Waals surface area contributed by atoms with Crippen molar-refractivity contribution in [2.75, 3.05) is 5.32 Å². The molecule has 0 saturated heterocycles. The molecule has 0 spiro atoms. The molecule has 0 unspecified atom stereocenters. The summed E-state index contributed by atoms with van der Waals surface area (Å²) in [4.78, 5) is 19.5. The maximum absolute atomic E-state index is 9.98. The minimum atomic E-state index is -0.0860. The Bertz CT molecular complexity index is 1010. The Morgan fingerprint density at radius 1 is 1.17 bits per heavy atom. The molecule has 0 radical (unpaired) electrons. The summed E-state index contributed by atoms with van der Waals surface area (Å²) in [6.45, 7) is 0. The Labute approximate surface area is 130 Å². The first-order valence-corrected chi connectivity index (χ1v) is 6.97. The zero-order valence-electron chi connectivity index (χ0n) is 11.9. The summed E-state index contributed by atoms with van der Waals surface area (Å²) in [6.07, 6.45) is 4.99. The molecule has 3 aromatic rings. The summed E-state index contributed by atoms with van der Waals surface area (Å²) in [7, 11) is 0. The van der Waals surface area contributed by atoms with Gasteiger partial charge < -0.3 is 15.4 Å². The molecular formula is C16H12N6O. The van der Waals surface area contributed by atoms with E-state index in [0.29, 0.717) is 17.5 Å². The van der Waals surface area contributed by atoms with Crippen LogP contribution >= 0.6 is 0 Å².